The van der Waals surface area contributed by atoms with Crippen LogP contribution in [0.1, 0.15) is 38.3 Å². The van der Waals surface area contributed by atoms with Gasteiger partial charge in [-0.1, -0.05) is 30.3 Å². The summed E-state index contributed by atoms with van der Waals surface area (Å²) in [5, 5.41) is 11.7. The Kier molecular flexibility index (Phi) is 5.29. The standard InChI is InChI=1S/C24H22N2O3/c27-23(25-21-13-11-20(12-14-21)24(28)29)19-9-7-17(8-10-19)16-26-15-3-5-18-4-1-2-6-22(18)26/h1-2,4,6-14H,3,5,15-16H2,(H,25,27)(H,28,29). The van der Waals surface area contributed by atoms with Gasteiger partial charge in [-0.25, -0.2) is 4.79 Å². The second-order valence-corrected chi connectivity index (χ2v) is 7.19. The number of carboxylic acid groups (broad SMARTS) is 1. The number of carbonyl (C=O) groups is 2. The molecule has 0 fully saturated rings. The van der Waals surface area contributed by atoms with E-state index in [4.69, 9.17) is 5.11 Å². The lowest BCUT2D eigenvalue weighted by Crippen LogP contribution is -2.28. The van der Waals surface area contributed by atoms with Crippen LogP contribution in [0.3, 0.4) is 0 Å². The molecule has 0 bridgehead atoms. The molecule has 0 saturated carbocycles. The molecular weight excluding hydrogens is 364 g/mol. The predicted octanol–water partition coefficient (Wildman–Crippen LogP) is 4.59. The van der Waals surface area contributed by atoms with E-state index in [9.17, 15) is 9.59 Å². The zero-order chi connectivity index (χ0) is 20.2. The van der Waals surface area contributed by atoms with Crippen molar-refractivity contribution >= 4 is 23.3 Å². The third kappa shape index (κ3) is 4.29. The Morgan fingerprint density at radius 2 is 1.59 bits per heavy atom. The molecule has 1 amide bonds. The topological polar surface area (TPSA) is 69.6 Å². The average Bonchev–Trinajstić information content (AvgIpc) is 2.75. The Labute approximate surface area is 169 Å². The van der Waals surface area contributed by atoms with Crippen molar-refractivity contribution in [3.63, 3.8) is 0 Å². The fourth-order valence-corrected chi connectivity index (χ4v) is 3.66. The summed E-state index contributed by atoms with van der Waals surface area (Å²) in [6.07, 6.45) is 2.28. The highest BCUT2D eigenvalue weighted by Gasteiger charge is 2.16. The molecule has 0 radical (unpaired) electrons. The number of hydrogen-bond acceptors (Lipinski definition) is 3. The summed E-state index contributed by atoms with van der Waals surface area (Å²) in [6.45, 7) is 1.85. The molecule has 0 saturated heterocycles. The van der Waals surface area contributed by atoms with Gasteiger partial charge in [0.25, 0.3) is 5.91 Å². The lowest BCUT2D eigenvalue weighted by molar-refractivity contribution is 0.0696. The third-order valence-electron chi connectivity index (χ3n) is 5.19. The minimum Gasteiger partial charge on any atom is -0.478 e. The van der Waals surface area contributed by atoms with Gasteiger partial charge in [-0.2, -0.15) is 0 Å². The SMILES string of the molecule is O=C(O)c1ccc(NC(=O)c2ccc(CN3CCCc4ccccc43)cc2)cc1. The van der Waals surface area contributed by atoms with Crippen molar-refractivity contribution < 1.29 is 14.7 Å². The van der Waals surface area contributed by atoms with E-state index in [1.165, 1.54) is 23.4 Å². The van der Waals surface area contributed by atoms with Crippen LogP contribution in [-0.4, -0.2) is 23.5 Å². The van der Waals surface area contributed by atoms with Gasteiger partial charge < -0.3 is 15.3 Å². The molecule has 0 spiro atoms. The van der Waals surface area contributed by atoms with Crippen LogP contribution in [0.15, 0.2) is 72.8 Å². The minimum absolute atomic E-state index is 0.187. The molecule has 0 aromatic heterocycles. The Morgan fingerprint density at radius 3 is 2.31 bits per heavy atom. The molecular formula is C24H22N2O3. The normalized spacial score (nSPS) is 12.9. The molecule has 0 aliphatic carbocycles. The number of carbonyl (C=O) groups excluding carboxylic acids is 1. The summed E-state index contributed by atoms with van der Waals surface area (Å²) in [7, 11) is 0. The van der Waals surface area contributed by atoms with Crippen molar-refractivity contribution in [3.8, 4) is 0 Å². The van der Waals surface area contributed by atoms with Gasteiger partial charge in [0, 0.05) is 30.0 Å². The molecule has 29 heavy (non-hydrogen) atoms. The lowest BCUT2D eigenvalue weighted by atomic mass is 10.0. The van der Waals surface area contributed by atoms with Crippen LogP contribution < -0.4 is 10.2 Å². The average molecular weight is 386 g/mol. The Hall–Kier alpha value is -3.60. The first kappa shape index (κ1) is 18.7. The minimum atomic E-state index is -0.991. The number of amides is 1. The van der Waals surface area contributed by atoms with E-state index in [1.807, 2.05) is 24.3 Å². The highest BCUT2D eigenvalue weighted by molar-refractivity contribution is 6.04. The second-order valence-electron chi connectivity index (χ2n) is 7.19. The predicted molar refractivity (Wildman–Crippen MR) is 114 cm³/mol. The molecule has 146 valence electrons. The van der Waals surface area contributed by atoms with E-state index >= 15 is 0 Å². The summed E-state index contributed by atoms with van der Waals surface area (Å²) in [6, 6.07) is 22.3. The molecule has 5 nitrogen and oxygen atoms in total. The molecule has 3 aromatic rings. The highest BCUT2D eigenvalue weighted by atomic mass is 16.4. The third-order valence-corrected chi connectivity index (χ3v) is 5.19. The van der Waals surface area contributed by atoms with E-state index in [2.05, 4.69) is 34.5 Å². The van der Waals surface area contributed by atoms with Crippen LogP contribution in [0.2, 0.25) is 0 Å². The van der Waals surface area contributed by atoms with E-state index in [1.54, 1.807) is 12.1 Å². The first-order chi connectivity index (χ1) is 14.1. The number of fused-ring (bicyclic) bond motifs is 1. The van der Waals surface area contributed by atoms with Crippen molar-refractivity contribution in [1.29, 1.82) is 0 Å². The van der Waals surface area contributed by atoms with E-state index in [0.717, 1.165) is 31.5 Å². The number of nitrogens with one attached hydrogen (secondary N) is 1. The summed E-state index contributed by atoms with van der Waals surface area (Å²) < 4.78 is 0. The molecule has 1 aliphatic rings. The van der Waals surface area contributed by atoms with Gasteiger partial charge in [-0.15, -0.1) is 0 Å². The summed E-state index contributed by atoms with van der Waals surface area (Å²) in [4.78, 5) is 25.8. The molecule has 0 unspecified atom stereocenters. The fraction of sp³-hybridized carbons (Fsp3) is 0.167. The summed E-state index contributed by atoms with van der Waals surface area (Å²) in [5.41, 5.74) is 5.16. The maximum Gasteiger partial charge on any atom is 0.335 e. The Morgan fingerprint density at radius 1 is 0.897 bits per heavy atom. The zero-order valence-corrected chi connectivity index (χ0v) is 16.0. The number of para-hydroxylation sites is 1. The first-order valence-electron chi connectivity index (χ1n) is 9.67. The number of nitrogens with zero attached hydrogens (tertiary/aromatic N) is 1. The number of rotatable bonds is 5. The van der Waals surface area contributed by atoms with Crippen molar-refractivity contribution in [1.82, 2.24) is 0 Å². The van der Waals surface area contributed by atoms with Crippen molar-refractivity contribution in [2.45, 2.75) is 19.4 Å². The number of anilines is 2. The fourth-order valence-electron chi connectivity index (χ4n) is 3.66. The van der Waals surface area contributed by atoms with Gasteiger partial charge in [0.1, 0.15) is 0 Å². The van der Waals surface area contributed by atoms with E-state index in [-0.39, 0.29) is 11.5 Å². The van der Waals surface area contributed by atoms with Crippen LogP contribution in [-0.2, 0) is 13.0 Å². The first-order valence-corrected chi connectivity index (χ1v) is 9.67. The molecule has 5 heteroatoms. The monoisotopic (exact) mass is 386 g/mol. The van der Waals surface area contributed by atoms with Crippen LogP contribution >= 0.6 is 0 Å². The van der Waals surface area contributed by atoms with Crippen molar-refractivity contribution in [2.75, 3.05) is 16.8 Å². The van der Waals surface area contributed by atoms with Crippen molar-refractivity contribution in [3.05, 3.63) is 95.1 Å². The van der Waals surface area contributed by atoms with Gasteiger partial charge in [0.05, 0.1) is 5.56 Å². The van der Waals surface area contributed by atoms with Gasteiger partial charge in [0.15, 0.2) is 0 Å². The maximum absolute atomic E-state index is 12.5. The maximum atomic E-state index is 12.5. The van der Waals surface area contributed by atoms with Crippen LogP contribution in [0.25, 0.3) is 0 Å². The number of carboxylic acids is 1. The van der Waals surface area contributed by atoms with E-state index in [0.29, 0.717) is 11.3 Å². The molecule has 3 aromatic carbocycles. The smallest absolute Gasteiger partial charge is 0.335 e. The number of aromatic carboxylic acids is 1. The summed E-state index contributed by atoms with van der Waals surface area (Å²) >= 11 is 0. The van der Waals surface area contributed by atoms with Gasteiger partial charge in [0.2, 0.25) is 0 Å². The largest absolute Gasteiger partial charge is 0.478 e. The highest BCUT2D eigenvalue weighted by Crippen LogP contribution is 2.28. The van der Waals surface area contributed by atoms with E-state index < -0.39 is 5.97 Å². The van der Waals surface area contributed by atoms with Crippen LogP contribution in [0, 0.1) is 0 Å². The van der Waals surface area contributed by atoms with Gasteiger partial charge >= 0.3 is 5.97 Å². The lowest BCUT2D eigenvalue weighted by Gasteiger charge is -2.31. The quantitative estimate of drug-likeness (QED) is 0.673. The van der Waals surface area contributed by atoms with Gasteiger partial charge in [-0.05, 0) is 66.4 Å². The van der Waals surface area contributed by atoms with Crippen LogP contribution in [0.5, 0.6) is 0 Å². The van der Waals surface area contributed by atoms with Crippen molar-refractivity contribution in [2.24, 2.45) is 0 Å². The molecule has 1 aliphatic heterocycles. The second kappa shape index (κ2) is 8.19. The van der Waals surface area contributed by atoms with Crippen LogP contribution in [0.4, 0.5) is 11.4 Å². The zero-order valence-electron chi connectivity index (χ0n) is 16.0. The summed E-state index contributed by atoms with van der Waals surface area (Å²) in [5.74, 6) is -1.21. The molecule has 4 rings (SSSR count). The molecule has 0 atom stereocenters. The number of hydrogen-bond donors (Lipinski definition) is 2. The molecule has 1 heterocycles. The number of aryl methyl sites for hydroxylation is 1. The number of benzene rings is 3. The Balaban J connectivity index is 1.41. The Bertz CT molecular complexity index is 1030. The molecule has 2 N–H and O–H groups in total. The van der Waals surface area contributed by atoms with Gasteiger partial charge in [-0.3, -0.25) is 4.79 Å².